The number of hydrogen-bond acceptors (Lipinski definition) is 3. The molecule has 1 aliphatic carbocycles. The predicted molar refractivity (Wildman–Crippen MR) is 91.1 cm³/mol. The van der Waals surface area contributed by atoms with Crippen molar-refractivity contribution < 1.29 is 0 Å². The minimum Gasteiger partial charge on any atom is -0.330 e. The van der Waals surface area contributed by atoms with Crippen LogP contribution >= 0.6 is 0 Å². The first-order valence-electron chi connectivity index (χ1n) is 8.46. The van der Waals surface area contributed by atoms with Gasteiger partial charge in [0.1, 0.15) is 5.82 Å². The highest BCUT2D eigenvalue weighted by Gasteiger charge is 2.23. The lowest BCUT2D eigenvalue weighted by molar-refractivity contribution is 0.440. The second-order valence-electron chi connectivity index (χ2n) is 6.26. The Bertz CT molecular complexity index is 829. The van der Waals surface area contributed by atoms with Crippen molar-refractivity contribution in [2.24, 2.45) is 7.05 Å². The summed E-state index contributed by atoms with van der Waals surface area (Å²) in [6.45, 7) is 3.89. The van der Waals surface area contributed by atoms with Crippen molar-refractivity contribution in [1.82, 2.24) is 24.6 Å². The van der Waals surface area contributed by atoms with Crippen LogP contribution in [0, 0.1) is 0 Å². The third kappa shape index (κ3) is 2.45. The van der Waals surface area contributed by atoms with E-state index in [0.29, 0.717) is 6.04 Å². The molecule has 1 unspecified atom stereocenters. The van der Waals surface area contributed by atoms with E-state index in [1.165, 1.54) is 29.6 Å². The highest BCUT2D eigenvalue weighted by Crippen LogP contribution is 2.29. The van der Waals surface area contributed by atoms with E-state index in [4.69, 9.17) is 4.98 Å². The van der Waals surface area contributed by atoms with Crippen molar-refractivity contribution in [3.05, 3.63) is 47.5 Å². The molecule has 2 aromatic heterocycles. The molecule has 0 radical (unpaired) electrons. The fraction of sp³-hybridized carbons (Fsp3) is 0.444. The quantitative estimate of drug-likeness (QED) is 0.806. The van der Waals surface area contributed by atoms with E-state index in [9.17, 15) is 0 Å². The molecule has 5 heteroatoms. The molecule has 1 aromatic carbocycles. The van der Waals surface area contributed by atoms with Gasteiger partial charge in [-0.2, -0.15) is 5.10 Å². The fourth-order valence-corrected chi connectivity index (χ4v) is 3.67. The van der Waals surface area contributed by atoms with Crippen LogP contribution in [0.15, 0.2) is 30.5 Å². The lowest BCUT2D eigenvalue weighted by atomic mass is 9.93. The van der Waals surface area contributed by atoms with Gasteiger partial charge in [0.2, 0.25) is 0 Å². The first-order chi connectivity index (χ1) is 11.3. The molecule has 5 nitrogen and oxygen atoms in total. The van der Waals surface area contributed by atoms with E-state index in [0.717, 1.165) is 30.9 Å². The van der Waals surface area contributed by atoms with Gasteiger partial charge >= 0.3 is 0 Å². The third-order valence-corrected chi connectivity index (χ3v) is 4.95. The summed E-state index contributed by atoms with van der Waals surface area (Å²) in [7, 11) is 2.09. The van der Waals surface area contributed by atoms with Crippen molar-refractivity contribution in [3.63, 3.8) is 0 Å². The van der Waals surface area contributed by atoms with Crippen LogP contribution in [0.3, 0.4) is 0 Å². The highest BCUT2D eigenvalue weighted by atomic mass is 15.3. The van der Waals surface area contributed by atoms with Crippen LogP contribution in [0.5, 0.6) is 0 Å². The third-order valence-electron chi connectivity index (χ3n) is 4.95. The number of imidazole rings is 1. The van der Waals surface area contributed by atoms with E-state index in [-0.39, 0.29) is 0 Å². The zero-order valence-electron chi connectivity index (χ0n) is 13.8. The fourth-order valence-electron chi connectivity index (χ4n) is 3.67. The Balaban J connectivity index is 1.55. The summed E-state index contributed by atoms with van der Waals surface area (Å²) < 4.78 is 4.32. The van der Waals surface area contributed by atoms with Gasteiger partial charge in [-0.3, -0.25) is 4.68 Å². The first-order valence-corrected chi connectivity index (χ1v) is 8.46. The van der Waals surface area contributed by atoms with Crippen molar-refractivity contribution in [2.75, 3.05) is 0 Å². The summed E-state index contributed by atoms with van der Waals surface area (Å²) in [5, 5.41) is 8.23. The molecule has 0 fully saturated rings. The van der Waals surface area contributed by atoms with Crippen LogP contribution in [-0.4, -0.2) is 19.3 Å². The van der Waals surface area contributed by atoms with Crippen molar-refractivity contribution in [2.45, 2.75) is 45.3 Å². The lowest BCUT2D eigenvalue weighted by Gasteiger charge is -2.24. The number of hydrogen-bond donors (Lipinski definition) is 1. The number of aromatic nitrogens is 4. The number of para-hydroxylation sites is 2. The summed E-state index contributed by atoms with van der Waals surface area (Å²) in [6.07, 6.45) is 5.59. The number of nitrogens with zero attached hydrogens (tertiary/aromatic N) is 4. The molecule has 1 N–H and O–H groups in total. The van der Waals surface area contributed by atoms with Gasteiger partial charge in [0, 0.05) is 30.9 Å². The monoisotopic (exact) mass is 309 g/mol. The van der Waals surface area contributed by atoms with Gasteiger partial charge in [-0.25, -0.2) is 4.98 Å². The Morgan fingerprint density at radius 2 is 2.17 bits per heavy atom. The van der Waals surface area contributed by atoms with Crippen molar-refractivity contribution >= 4 is 11.0 Å². The Labute approximate surface area is 136 Å². The summed E-state index contributed by atoms with van der Waals surface area (Å²) in [4.78, 5) is 4.75. The molecule has 4 rings (SSSR count). The minimum atomic E-state index is 0.388. The Morgan fingerprint density at radius 1 is 1.30 bits per heavy atom. The van der Waals surface area contributed by atoms with E-state index < -0.39 is 0 Å². The number of rotatable bonds is 4. The van der Waals surface area contributed by atoms with Crippen molar-refractivity contribution in [3.8, 4) is 0 Å². The molecule has 0 aliphatic heterocycles. The predicted octanol–water partition coefficient (Wildman–Crippen LogP) is 2.96. The maximum absolute atomic E-state index is 4.75. The van der Waals surface area contributed by atoms with Gasteiger partial charge in [-0.1, -0.05) is 12.1 Å². The van der Waals surface area contributed by atoms with E-state index in [1.54, 1.807) is 0 Å². The molecule has 0 amide bonds. The second-order valence-corrected chi connectivity index (χ2v) is 6.26. The second kappa shape index (κ2) is 5.81. The molecular weight excluding hydrogens is 286 g/mol. The summed E-state index contributed by atoms with van der Waals surface area (Å²) in [5.74, 6) is 1.08. The van der Waals surface area contributed by atoms with Crippen LogP contribution in [0.1, 0.15) is 42.9 Å². The van der Waals surface area contributed by atoms with Crippen LogP contribution in [0.2, 0.25) is 0 Å². The summed E-state index contributed by atoms with van der Waals surface area (Å²) >= 11 is 0. The highest BCUT2D eigenvalue weighted by molar-refractivity contribution is 5.75. The summed E-state index contributed by atoms with van der Waals surface area (Å²) in [6, 6.07) is 8.68. The Kier molecular flexibility index (Phi) is 3.65. The molecule has 0 spiro atoms. The van der Waals surface area contributed by atoms with E-state index in [1.807, 2.05) is 12.3 Å². The smallest absolute Gasteiger partial charge is 0.123 e. The standard InChI is InChI=1S/C18H23N5/c1-3-23-16-10-6-8-14(13(16)11-20-23)19-12-18-21-15-7-4-5-9-17(15)22(18)2/h4-5,7,9,11,14,19H,3,6,8,10,12H2,1-2H3. The molecule has 0 saturated carbocycles. The van der Waals surface area contributed by atoms with Crippen LogP contribution < -0.4 is 5.32 Å². The van der Waals surface area contributed by atoms with Gasteiger partial charge in [0.25, 0.3) is 0 Å². The molecule has 23 heavy (non-hydrogen) atoms. The lowest BCUT2D eigenvalue weighted by Crippen LogP contribution is -2.26. The van der Waals surface area contributed by atoms with Gasteiger partial charge in [-0.05, 0) is 38.3 Å². The largest absolute Gasteiger partial charge is 0.330 e. The number of benzene rings is 1. The Morgan fingerprint density at radius 3 is 3.00 bits per heavy atom. The van der Waals surface area contributed by atoms with Crippen LogP contribution in [0.25, 0.3) is 11.0 Å². The molecule has 1 atom stereocenters. The average molecular weight is 309 g/mol. The maximum Gasteiger partial charge on any atom is 0.123 e. The normalized spacial score (nSPS) is 17.6. The SMILES string of the molecule is CCn1ncc2c1CCCC2NCc1nc2ccccc2n1C. The molecule has 0 saturated heterocycles. The van der Waals surface area contributed by atoms with Gasteiger partial charge in [-0.15, -0.1) is 0 Å². The molecule has 3 aromatic rings. The maximum atomic E-state index is 4.75. The van der Waals surface area contributed by atoms with E-state index in [2.05, 4.69) is 51.8 Å². The molecule has 0 bridgehead atoms. The van der Waals surface area contributed by atoms with Gasteiger partial charge < -0.3 is 9.88 Å². The molecule has 1 aliphatic rings. The molecule has 2 heterocycles. The van der Waals surface area contributed by atoms with Crippen LogP contribution in [0.4, 0.5) is 0 Å². The summed E-state index contributed by atoms with van der Waals surface area (Å²) in [5.41, 5.74) is 5.03. The first kappa shape index (κ1) is 14.5. The van der Waals surface area contributed by atoms with E-state index >= 15 is 0 Å². The average Bonchev–Trinajstić information content (AvgIpc) is 3.15. The van der Waals surface area contributed by atoms with Crippen molar-refractivity contribution in [1.29, 1.82) is 0 Å². The molecule has 120 valence electrons. The molecular formula is C18H23N5. The van der Waals surface area contributed by atoms with Crippen LogP contribution in [-0.2, 0) is 26.6 Å². The topological polar surface area (TPSA) is 47.7 Å². The Hall–Kier alpha value is -2.14. The van der Waals surface area contributed by atoms with Gasteiger partial charge in [0.15, 0.2) is 0 Å². The van der Waals surface area contributed by atoms with Gasteiger partial charge in [0.05, 0.1) is 23.8 Å². The zero-order valence-corrected chi connectivity index (χ0v) is 13.8. The number of aryl methyl sites for hydroxylation is 2. The number of fused-ring (bicyclic) bond motifs is 2. The number of nitrogens with one attached hydrogen (secondary N) is 1. The zero-order chi connectivity index (χ0) is 15.8. The minimum absolute atomic E-state index is 0.388.